The van der Waals surface area contributed by atoms with Crippen LogP contribution in [0.2, 0.25) is 0 Å². The third kappa shape index (κ3) is 3.84. The number of benzene rings is 2. The van der Waals surface area contributed by atoms with Crippen molar-refractivity contribution in [3.05, 3.63) is 109 Å². The molecule has 142 valence electrons. The minimum absolute atomic E-state index is 0.160. The molecule has 0 bridgehead atoms. The minimum Gasteiger partial charge on any atom is -0.459 e. The summed E-state index contributed by atoms with van der Waals surface area (Å²) in [6.07, 6.45) is 5.38. The van der Waals surface area contributed by atoms with Gasteiger partial charge in [0.2, 0.25) is 0 Å². The molecule has 1 atom stereocenters. The number of anilines is 1. The number of aldehydes is 1. The third-order valence-electron chi connectivity index (χ3n) is 4.64. The second kappa shape index (κ2) is 8.35. The molecule has 2 aromatic heterocycles. The van der Waals surface area contributed by atoms with Gasteiger partial charge in [-0.1, -0.05) is 48.5 Å². The molecule has 0 saturated carbocycles. The van der Waals surface area contributed by atoms with Crippen LogP contribution in [0.15, 0.2) is 102 Å². The maximum atomic E-state index is 13.2. The van der Waals surface area contributed by atoms with Crippen molar-refractivity contribution >= 4 is 17.9 Å². The van der Waals surface area contributed by atoms with Gasteiger partial charge in [0, 0.05) is 23.6 Å². The molecule has 0 aliphatic carbocycles. The van der Waals surface area contributed by atoms with E-state index in [4.69, 9.17) is 4.42 Å². The van der Waals surface area contributed by atoms with E-state index >= 15 is 0 Å². The molecule has 0 radical (unpaired) electrons. The molecule has 0 aliphatic rings. The van der Waals surface area contributed by atoms with E-state index in [9.17, 15) is 9.59 Å². The lowest BCUT2D eigenvalue weighted by atomic mass is 10.0. The van der Waals surface area contributed by atoms with E-state index in [1.54, 1.807) is 36.7 Å². The van der Waals surface area contributed by atoms with Crippen molar-refractivity contribution in [3.63, 3.8) is 0 Å². The molecule has 0 N–H and O–H groups in total. The van der Waals surface area contributed by atoms with Crippen molar-refractivity contribution in [1.82, 2.24) is 4.98 Å². The summed E-state index contributed by atoms with van der Waals surface area (Å²) in [4.78, 5) is 30.7. The van der Waals surface area contributed by atoms with Crippen molar-refractivity contribution in [2.24, 2.45) is 0 Å². The van der Waals surface area contributed by atoms with Crippen molar-refractivity contribution in [1.29, 1.82) is 0 Å². The van der Waals surface area contributed by atoms with Gasteiger partial charge in [-0.25, -0.2) is 0 Å². The standard InChI is InChI=1S/C24H18N2O3/c27-17-22(20-8-4-14-25-16-20)26(24(28)23-9-5-15-29-23)21-12-10-19(11-13-21)18-6-2-1-3-7-18/h1-17,22H/t22-/m0/s1. The topological polar surface area (TPSA) is 63.4 Å². The predicted molar refractivity (Wildman–Crippen MR) is 110 cm³/mol. The monoisotopic (exact) mass is 382 g/mol. The van der Waals surface area contributed by atoms with Crippen LogP contribution in [0.4, 0.5) is 5.69 Å². The number of rotatable bonds is 6. The Morgan fingerprint density at radius 2 is 1.66 bits per heavy atom. The number of furan rings is 1. The van der Waals surface area contributed by atoms with E-state index in [1.807, 2.05) is 54.6 Å². The number of pyridine rings is 1. The molecule has 0 aliphatic heterocycles. The van der Waals surface area contributed by atoms with Gasteiger partial charge < -0.3 is 9.21 Å². The summed E-state index contributed by atoms with van der Waals surface area (Å²) in [5, 5.41) is 0. The average molecular weight is 382 g/mol. The van der Waals surface area contributed by atoms with Crippen LogP contribution in [0.5, 0.6) is 0 Å². The third-order valence-corrected chi connectivity index (χ3v) is 4.64. The van der Waals surface area contributed by atoms with Crippen molar-refractivity contribution < 1.29 is 14.0 Å². The van der Waals surface area contributed by atoms with E-state index in [1.165, 1.54) is 11.2 Å². The van der Waals surface area contributed by atoms with Crippen LogP contribution in [-0.2, 0) is 4.79 Å². The Labute approximate surface area is 168 Å². The summed E-state index contributed by atoms with van der Waals surface area (Å²) in [6, 6.07) is 23.4. The number of carbonyl (C=O) groups is 2. The zero-order chi connectivity index (χ0) is 20.1. The molecule has 5 heteroatoms. The SMILES string of the molecule is O=C[C@@H](c1cccnc1)N(C(=O)c1ccco1)c1ccc(-c2ccccc2)cc1. The van der Waals surface area contributed by atoms with Gasteiger partial charge in [0.1, 0.15) is 12.3 Å². The second-order valence-corrected chi connectivity index (χ2v) is 6.43. The fourth-order valence-electron chi connectivity index (χ4n) is 3.21. The summed E-state index contributed by atoms with van der Waals surface area (Å²) in [5.41, 5.74) is 3.30. The molecule has 2 heterocycles. The van der Waals surface area contributed by atoms with Crippen LogP contribution >= 0.6 is 0 Å². The van der Waals surface area contributed by atoms with Crippen molar-refractivity contribution in [2.75, 3.05) is 4.90 Å². The number of hydrogen-bond acceptors (Lipinski definition) is 4. The van der Waals surface area contributed by atoms with Crippen molar-refractivity contribution in [3.8, 4) is 11.1 Å². The largest absolute Gasteiger partial charge is 0.459 e. The fourth-order valence-corrected chi connectivity index (χ4v) is 3.21. The lowest BCUT2D eigenvalue weighted by molar-refractivity contribution is -0.109. The predicted octanol–water partition coefficient (Wildman–Crippen LogP) is 4.93. The molecule has 1 amide bonds. The molecule has 0 spiro atoms. The summed E-state index contributed by atoms with van der Waals surface area (Å²) in [7, 11) is 0. The fraction of sp³-hybridized carbons (Fsp3) is 0.0417. The second-order valence-electron chi connectivity index (χ2n) is 6.43. The molecule has 0 fully saturated rings. The van der Waals surface area contributed by atoms with Gasteiger partial charge >= 0.3 is 0 Å². The first-order valence-corrected chi connectivity index (χ1v) is 9.15. The van der Waals surface area contributed by atoms with Gasteiger partial charge in [0.05, 0.1) is 6.26 Å². The first-order valence-electron chi connectivity index (χ1n) is 9.15. The number of nitrogens with zero attached hydrogens (tertiary/aromatic N) is 2. The number of aromatic nitrogens is 1. The minimum atomic E-state index is -0.830. The molecule has 4 aromatic rings. The average Bonchev–Trinajstić information content (AvgIpc) is 3.33. The Morgan fingerprint density at radius 3 is 2.28 bits per heavy atom. The summed E-state index contributed by atoms with van der Waals surface area (Å²) < 4.78 is 5.30. The summed E-state index contributed by atoms with van der Waals surface area (Å²) in [5.74, 6) is -0.240. The van der Waals surface area contributed by atoms with E-state index in [0.717, 1.165) is 17.4 Å². The number of amides is 1. The highest BCUT2D eigenvalue weighted by molar-refractivity contribution is 6.06. The van der Waals surface area contributed by atoms with E-state index in [0.29, 0.717) is 11.3 Å². The molecule has 5 nitrogen and oxygen atoms in total. The highest BCUT2D eigenvalue weighted by Crippen LogP contribution is 2.30. The van der Waals surface area contributed by atoms with Gasteiger partial charge in [-0.05, 0) is 41.5 Å². The Hall–Kier alpha value is -3.99. The Balaban J connectivity index is 1.76. The van der Waals surface area contributed by atoms with Crippen LogP contribution in [0.3, 0.4) is 0 Å². The van der Waals surface area contributed by atoms with Crippen LogP contribution in [-0.4, -0.2) is 17.2 Å². The van der Waals surface area contributed by atoms with Crippen LogP contribution in [0.25, 0.3) is 11.1 Å². The van der Waals surface area contributed by atoms with Crippen LogP contribution in [0, 0.1) is 0 Å². The normalized spacial score (nSPS) is 11.6. The Morgan fingerprint density at radius 1 is 0.897 bits per heavy atom. The lowest BCUT2D eigenvalue weighted by Crippen LogP contribution is -2.35. The molecular weight excluding hydrogens is 364 g/mol. The highest BCUT2D eigenvalue weighted by Gasteiger charge is 2.29. The number of carbonyl (C=O) groups excluding carboxylic acids is 2. The highest BCUT2D eigenvalue weighted by atomic mass is 16.3. The Kier molecular flexibility index (Phi) is 5.29. The van der Waals surface area contributed by atoms with Crippen LogP contribution < -0.4 is 4.90 Å². The van der Waals surface area contributed by atoms with Gasteiger partial charge in [-0.2, -0.15) is 0 Å². The molecule has 0 unspecified atom stereocenters. The first kappa shape index (κ1) is 18.4. The molecule has 4 rings (SSSR count). The van der Waals surface area contributed by atoms with Gasteiger partial charge in [-0.3, -0.25) is 14.7 Å². The summed E-state index contributed by atoms with van der Waals surface area (Å²) >= 11 is 0. The zero-order valence-electron chi connectivity index (χ0n) is 15.5. The van der Waals surface area contributed by atoms with E-state index < -0.39 is 11.9 Å². The zero-order valence-corrected chi connectivity index (χ0v) is 15.5. The molecule has 2 aromatic carbocycles. The molecule has 0 saturated heterocycles. The molecular formula is C24H18N2O3. The molecule has 29 heavy (non-hydrogen) atoms. The van der Waals surface area contributed by atoms with Gasteiger partial charge in [0.25, 0.3) is 5.91 Å². The van der Waals surface area contributed by atoms with Gasteiger partial charge in [-0.15, -0.1) is 0 Å². The van der Waals surface area contributed by atoms with Crippen molar-refractivity contribution in [2.45, 2.75) is 6.04 Å². The maximum Gasteiger partial charge on any atom is 0.294 e. The smallest absolute Gasteiger partial charge is 0.294 e. The Bertz CT molecular complexity index is 1080. The number of hydrogen-bond donors (Lipinski definition) is 0. The van der Waals surface area contributed by atoms with E-state index in [-0.39, 0.29) is 5.76 Å². The summed E-state index contributed by atoms with van der Waals surface area (Å²) in [6.45, 7) is 0. The van der Waals surface area contributed by atoms with E-state index in [2.05, 4.69) is 4.98 Å². The maximum absolute atomic E-state index is 13.2. The quantitative estimate of drug-likeness (QED) is 0.444. The first-order chi connectivity index (χ1) is 14.3. The van der Waals surface area contributed by atoms with Crippen LogP contribution in [0.1, 0.15) is 22.2 Å². The lowest BCUT2D eigenvalue weighted by Gasteiger charge is -2.28. The van der Waals surface area contributed by atoms with Gasteiger partial charge in [0.15, 0.2) is 5.76 Å².